The van der Waals surface area contributed by atoms with E-state index < -0.39 is 34.0 Å². The number of carbonyl (C=O) groups is 1. The molecule has 0 bridgehead atoms. The molecule has 2 heterocycles. The maximum Gasteiger partial charge on any atom is 0.409 e. The number of ether oxygens (including phenoxy) is 1. The average molecular weight is 564 g/mol. The van der Waals surface area contributed by atoms with Crippen molar-refractivity contribution in [1.29, 1.82) is 0 Å². The van der Waals surface area contributed by atoms with Gasteiger partial charge in [-0.15, -0.1) is 0 Å². The van der Waals surface area contributed by atoms with Gasteiger partial charge >= 0.3 is 6.09 Å². The minimum absolute atomic E-state index is 0.0552. The highest BCUT2D eigenvalue weighted by Crippen LogP contribution is 2.41. The van der Waals surface area contributed by atoms with Crippen molar-refractivity contribution >= 4 is 27.7 Å². The summed E-state index contributed by atoms with van der Waals surface area (Å²) in [6.45, 7) is 2.83. The standard InChI is InChI=1S/C28H35ClFN3O4S/c29-22-9-12-26(13-10-22)38(35,36)33-25(11-14-27(33)21-5-4-6-23(30)19-21)20-37-28(34)32-17-15-31(16-18-32)24-7-2-1-3-8-24/h4-6,9-10,12-13,19,24-25,27H,1-3,7-8,11,14-18,20H2/t25-,27?/m1/s1. The maximum atomic E-state index is 14.1. The molecule has 206 valence electrons. The van der Waals surface area contributed by atoms with Gasteiger partial charge in [-0.2, -0.15) is 4.31 Å². The zero-order valence-corrected chi connectivity index (χ0v) is 23.0. The first kappa shape index (κ1) is 27.4. The van der Waals surface area contributed by atoms with Crippen LogP contribution in [-0.2, 0) is 14.8 Å². The van der Waals surface area contributed by atoms with Crippen LogP contribution < -0.4 is 0 Å². The smallest absolute Gasteiger partial charge is 0.409 e. The Morgan fingerprint density at radius 2 is 1.66 bits per heavy atom. The van der Waals surface area contributed by atoms with Gasteiger partial charge in [0.2, 0.25) is 10.0 Å². The number of carbonyl (C=O) groups excluding carboxylic acids is 1. The molecule has 1 amide bonds. The summed E-state index contributed by atoms with van der Waals surface area (Å²) in [5, 5.41) is 0.432. The third-order valence-corrected chi connectivity index (χ3v) is 10.4. The Hall–Kier alpha value is -2.20. The van der Waals surface area contributed by atoms with Crippen LogP contribution in [0.4, 0.5) is 9.18 Å². The van der Waals surface area contributed by atoms with Gasteiger partial charge in [0.25, 0.3) is 0 Å². The lowest BCUT2D eigenvalue weighted by molar-refractivity contribution is 0.0486. The molecule has 7 nitrogen and oxygen atoms in total. The van der Waals surface area contributed by atoms with Gasteiger partial charge in [-0.05, 0) is 67.6 Å². The molecule has 2 atom stereocenters. The number of amides is 1. The van der Waals surface area contributed by atoms with Crippen molar-refractivity contribution in [3.05, 3.63) is 64.9 Å². The fraction of sp³-hybridized carbons (Fsp3) is 0.536. The van der Waals surface area contributed by atoms with Crippen LogP contribution in [0.2, 0.25) is 5.02 Å². The molecule has 1 saturated carbocycles. The lowest BCUT2D eigenvalue weighted by Gasteiger charge is -2.40. The Kier molecular flexibility index (Phi) is 8.57. The molecular weight excluding hydrogens is 529 g/mol. The molecule has 2 saturated heterocycles. The largest absolute Gasteiger partial charge is 0.448 e. The van der Waals surface area contributed by atoms with Crippen LogP contribution in [0, 0.1) is 5.82 Å². The summed E-state index contributed by atoms with van der Waals surface area (Å²) >= 11 is 5.99. The summed E-state index contributed by atoms with van der Waals surface area (Å²) < 4.78 is 48.7. The summed E-state index contributed by atoms with van der Waals surface area (Å²) in [6, 6.07) is 11.5. The number of hydrogen-bond acceptors (Lipinski definition) is 5. The minimum Gasteiger partial charge on any atom is -0.448 e. The van der Waals surface area contributed by atoms with E-state index in [9.17, 15) is 17.6 Å². The van der Waals surface area contributed by atoms with Gasteiger partial charge < -0.3 is 9.64 Å². The Bertz CT molecular complexity index is 1210. The fourth-order valence-corrected chi connectivity index (χ4v) is 8.08. The Morgan fingerprint density at radius 3 is 2.34 bits per heavy atom. The number of benzene rings is 2. The lowest BCUT2D eigenvalue weighted by Crippen LogP contribution is -2.52. The summed E-state index contributed by atoms with van der Waals surface area (Å²) in [4.78, 5) is 17.3. The monoisotopic (exact) mass is 563 g/mol. The Balaban J connectivity index is 1.27. The van der Waals surface area contributed by atoms with Crippen LogP contribution in [0.3, 0.4) is 0 Å². The normalized spacial score (nSPS) is 24.0. The van der Waals surface area contributed by atoms with Crippen LogP contribution >= 0.6 is 11.6 Å². The molecule has 10 heteroatoms. The molecule has 3 fully saturated rings. The van der Waals surface area contributed by atoms with Gasteiger partial charge in [-0.3, -0.25) is 4.90 Å². The molecule has 0 radical (unpaired) electrons. The van der Waals surface area contributed by atoms with E-state index in [1.165, 1.54) is 72.8 Å². The van der Waals surface area contributed by atoms with Crippen molar-refractivity contribution in [2.75, 3.05) is 32.8 Å². The second-order valence-electron chi connectivity index (χ2n) is 10.5. The molecule has 38 heavy (non-hydrogen) atoms. The molecule has 0 aromatic heterocycles. The first-order valence-electron chi connectivity index (χ1n) is 13.5. The minimum atomic E-state index is -3.97. The number of hydrogen-bond donors (Lipinski definition) is 0. The van der Waals surface area contributed by atoms with E-state index in [1.54, 1.807) is 17.0 Å². The molecule has 5 rings (SSSR count). The Labute approximate surface area is 229 Å². The first-order valence-corrected chi connectivity index (χ1v) is 15.3. The molecule has 2 aliphatic heterocycles. The SMILES string of the molecule is O=C(OC[C@H]1CCC(c2cccc(F)c2)N1S(=O)(=O)c1ccc(Cl)cc1)N1CCN(C2CCCCC2)CC1. The van der Waals surface area contributed by atoms with Crippen molar-refractivity contribution in [2.45, 2.75) is 68.0 Å². The van der Waals surface area contributed by atoms with Gasteiger partial charge in [-0.1, -0.05) is 43.0 Å². The predicted molar refractivity (Wildman–Crippen MR) is 144 cm³/mol. The van der Waals surface area contributed by atoms with Crippen LogP contribution in [0.1, 0.15) is 56.6 Å². The third-order valence-electron chi connectivity index (χ3n) is 8.13. The van der Waals surface area contributed by atoms with Crippen LogP contribution in [-0.4, -0.2) is 73.5 Å². The van der Waals surface area contributed by atoms with Gasteiger partial charge in [0.05, 0.1) is 17.0 Å². The van der Waals surface area contributed by atoms with E-state index in [1.807, 2.05) is 0 Å². The van der Waals surface area contributed by atoms with Crippen LogP contribution in [0.15, 0.2) is 53.4 Å². The van der Waals surface area contributed by atoms with E-state index in [0.717, 1.165) is 13.1 Å². The summed E-state index contributed by atoms with van der Waals surface area (Å²) in [7, 11) is -3.97. The zero-order chi connectivity index (χ0) is 26.7. The van der Waals surface area contributed by atoms with Gasteiger partial charge in [-0.25, -0.2) is 17.6 Å². The van der Waals surface area contributed by atoms with Crippen molar-refractivity contribution < 1.29 is 22.3 Å². The molecule has 1 aliphatic carbocycles. The Morgan fingerprint density at radius 1 is 0.947 bits per heavy atom. The number of halogens is 2. The molecule has 3 aliphatic rings. The predicted octanol–water partition coefficient (Wildman–Crippen LogP) is 5.46. The highest BCUT2D eigenvalue weighted by molar-refractivity contribution is 7.89. The summed E-state index contributed by atoms with van der Waals surface area (Å²) in [6.07, 6.45) is 6.92. The molecular formula is C28H35ClFN3O4S. The van der Waals surface area contributed by atoms with Crippen molar-refractivity contribution in [3.8, 4) is 0 Å². The van der Waals surface area contributed by atoms with Gasteiger partial charge in [0, 0.05) is 37.2 Å². The van der Waals surface area contributed by atoms with E-state index in [-0.39, 0.29) is 11.5 Å². The highest BCUT2D eigenvalue weighted by atomic mass is 35.5. The second-order valence-corrected chi connectivity index (χ2v) is 12.8. The third kappa shape index (κ3) is 6.01. The number of sulfonamides is 1. The van der Waals surface area contributed by atoms with Crippen molar-refractivity contribution in [1.82, 2.24) is 14.1 Å². The van der Waals surface area contributed by atoms with E-state index in [4.69, 9.17) is 16.3 Å². The average Bonchev–Trinajstić information content (AvgIpc) is 3.38. The fourth-order valence-electron chi connectivity index (χ4n) is 6.11. The quantitative estimate of drug-likeness (QED) is 0.467. The lowest BCUT2D eigenvalue weighted by atomic mass is 9.94. The molecule has 2 aromatic rings. The number of rotatable bonds is 6. The van der Waals surface area contributed by atoms with Gasteiger partial charge in [0.1, 0.15) is 12.4 Å². The molecule has 1 unspecified atom stereocenters. The second kappa shape index (κ2) is 11.9. The number of nitrogens with zero attached hydrogens (tertiary/aromatic N) is 3. The van der Waals surface area contributed by atoms with E-state index in [0.29, 0.717) is 42.6 Å². The van der Waals surface area contributed by atoms with Crippen LogP contribution in [0.5, 0.6) is 0 Å². The summed E-state index contributed by atoms with van der Waals surface area (Å²) in [5.41, 5.74) is 0.579. The van der Waals surface area contributed by atoms with Crippen molar-refractivity contribution in [2.24, 2.45) is 0 Å². The number of piperazine rings is 1. The van der Waals surface area contributed by atoms with Crippen molar-refractivity contribution in [3.63, 3.8) is 0 Å². The van der Waals surface area contributed by atoms with E-state index >= 15 is 0 Å². The topological polar surface area (TPSA) is 70.2 Å². The first-order chi connectivity index (χ1) is 18.3. The molecule has 2 aromatic carbocycles. The molecule has 0 spiro atoms. The maximum absolute atomic E-state index is 14.1. The summed E-state index contributed by atoms with van der Waals surface area (Å²) in [5.74, 6) is -0.423. The highest BCUT2D eigenvalue weighted by Gasteiger charge is 2.44. The molecule has 0 N–H and O–H groups in total. The van der Waals surface area contributed by atoms with E-state index in [2.05, 4.69) is 4.90 Å². The van der Waals surface area contributed by atoms with Gasteiger partial charge in [0.15, 0.2) is 0 Å². The van der Waals surface area contributed by atoms with Crippen LogP contribution in [0.25, 0.3) is 0 Å². The zero-order valence-electron chi connectivity index (χ0n) is 21.5.